The Bertz CT molecular complexity index is 166. The van der Waals surface area contributed by atoms with Gasteiger partial charge in [0.05, 0.1) is 0 Å². The highest BCUT2D eigenvalue weighted by Crippen LogP contribution is 2.32. The standard InChI is InChI=1S/C10H19NO2/c1-2-5-13-7-9(12)6-10(11)8-3-4-8/h8,10H,2-7,11H2,1H3. The van der Waals surface area contributed by atoms with Crippen LogP contribution in [0.1, 0.15) is 32.6 Å². The molecule has 1 fully saturated rings. The van der Waals surface area contributed by atoms with Crippen LogP contribution < -0.4 is 5.73 Å². The van der Waals surface area contributed by atoms with Gasteiger partial charge in [0.15, 0.2) is 5.78 Å². The van der Waals surface area contributed by atoms with Gasteiger partial charge in [-0.2, -0.15) is 0 Å². The zero-order valence-corrected chi connectivity index (χ0v) is 8.29. The van der Waals surface area contributed by atoms with Crippen molar-refractivity contribution < 1.29 is 9.53 Å². The van der Waals surface area contributed by atoms with Gasteiger partial charge in [0.25, 0.3) is 0 Å². The first-order chi connectivity index (χ1) is 6.24. The Balaban J connectivity index is 2.02. The van der Waals surface area contributed by atoms with Crippen molar-refractivity contribution in [2.45, 2.75) is 38.6 Å². The molecule has 1 aliphatic rings. The molecule has 0 aliphatic heterocycles. The highest BCUT2D eigenvalue weighted by Gasteiger charge is 2.29. The highest BCUT2D eigenvalue weighted by atomic mass is 16.5. The third kappa shape index (κ3) is 4.39. The lowest BCUT2D eigenvalue weighted by Gasteiger charge is -2.08. The molecule has 0 aromatic carbocycles. The van der Waals surface area contributed by atoms with E-state index in [1.165, 1.54) is 12.8 Å². The Morgan fingerprint density at radius 1 is 1.62 bits per heavy atom. The lowest BCUT2D eigenvalue weighted by Crippen LogP contribution is -2.27. The Kier molecular flexibility index (Phi) is 4.39. The van der Waals surface area contributed by atoms with Crippen molar-refractivity contribution in [3.8, 4) is 0 Å². The van der Waals surface area contributed by atoms with Gasteiger partial charge >= 0.3 is 0 Å². The predicted molar refractivity (Wildman–Crippen MR) is 51.4 cm³/mol. The molecular formula is C10H19NO2. The first kappa shape index (κ1) is 10.7. The van der Waals surface area contributed by atoms with E-state index in [0.717, 1.165) is 6.42 Å². The van der Waals surface area contributed by atoms with E-state index in [4.69, 9.17) is 10.5 Å². The summed E-state index contributed by atoms with van der Waals surface area (Å²) in [7, 11) is 0. The lowest BCUT2D eigenvalue weighted by molar-refractivity contribution is -0.124. The Morgan fingerprint density at radius 3 is 2.85 bits per heavy atom. The van der Waals surface area contributed by atoms with Gasteiger partial charge in [-0.1, -0.05) is 6.92 Å². The van der Waals surface area contributed by atoms with Gasteiger partial charge in [-0.25, -0.2) is 0 Å². The minimum absolute atomic E-state index is 0.0812. The number of carbonyl (C=O) groups excluding carboxylic acids is 1. The third-order valence-electron chi connectivity index (χ3n) is 2.30. The normalized spacial score (nSPS) is 18.6. The molecule has 1 aliphatic carbocycles. The van der Waals surface area contributed by atoms with Crippen LogP contribution in [0, 0.1) is 5.92 Å². The van der Waals surface area contributed by atoms with Crippen molar-refractivity contribution in [1.82, 2.24) is 0 Å². The molecule has 0 heterocycles. The molecule has 0 aromatic rings. The zero-order valence-electron chi connectivity index (χ0n) is 8.29. The average Bonchev–Trinajstić information content (AvgIpc) is 2.86. The average molecular weight is 185 g/mol. The van der Waals surface area contributed by atoms with Crippen LogP contribution in [-0.2, 0) is 9.53 Å². The molecule has 3 nitrogen and oxygen atoms in total. The van der Waals surface area contributed by atoms with Crippen LogP contribution in [0.2, 0.25) is 0 Å². The summed E-state index contributed by atoms with van der Waals surface area (Å²) in [5, 5.41) is 0. The first-order valence-corrected chi connectivity index (χ1v) is 5.09. The summed E-state index contributed by atoms with van der Waals surface area (Å²) in [6.07, 6.45) is 3.85. The summed E-state index contributed by atoms with van der Waals surface area (Å²) in [4.78, 5) is 11.3. The summed E-state index contributed by atoms with van der Waals surface area (Å²) in [5.41, 5.74) is 5.81. The molecule has 0 bridgehead atoms. The van der Waals surface area contributed by atoms with Crippen molar-refractivity contribution in [3.05, 3.63) is 0 Å². The van der Waals surface area contributed by atoms with Crippen LogP contribution in [0.5, 0.6) is 0 Å². The van der Waals surface area contributed by atoms with Gasteiger partial charge in [-0.15, -0.1) is 0 Å². The van der Waals surface area contributed by atoms with Crippen LogP contribution in [0.25, 0.3) is 0 Å². The second-order valence-electron chi connectivity index (χ2n) is 3.80. The van der Waals surface area contributed by atoms with E-state index in [1.54, 1.807) is 0 Å². The molecule has 1 saturated carbocycles. The largest absolute Gasteiger partial charge is 0.374 e. The Hall–Kier alpha value is -0.410. The molecule has 0 spiro atoms. The maximum Gasteiger partial charge on any atom is 0.160 e. The summed E-state index contributed by atoms with van der Waals surface area (Å²) in [5.74, 6) is 0.753. The SMILES string of the molecule is CCCOCC(=O)CC(N)C1CC1. The van der Waals surface area contributed by atoms with Crippen molar-refractivity contribution in [2.75, 3.05) is 13.2 Å². The van der Waals surface area contributed by atoms with E-state index in [1.807, 2.05) is 6.92 Å². The Morgan fingerprint density at radius 2 is 2.31 bits per heavy atom. The molecule has 2 N–H and O–H groups in total. The van der Waals surface area contributed by atoms with Crippen LogP contribution in [-0.4, -0.2) is 25.0 Å². The fraction of sp³-hybridized carbons (Fsp3) is 0.900. The van der Waals surface area contributed by atoms with E-state index in [-0.39, 0.29) is 18.4 Å². The van der Waals surface area contributed by atoms with Crippen LogP contribution >= 0.6 is 0 Å². The van der Waals surface area contributed by atoms with Gasteiger partial charge in [0, 0.05) is 19.1 Å². The summed E-state index contributed by atoms with van der Waals surface area (Å²) in [6, 6.07) is 0.0812. The monoisotopic (exact) mass is 185 g/mol. The van der Waals surface area contributed by atoms with Crippen molar-refractivity contribution in [1.29, 1.82) is 0 Å². The molecule has 13 heavy (non-hydrogen) atoms. The van der Waals surface area contributed by atoms with E-state index in [2.05, 4.69) is 0 Å². The number of nitrogens with two attached hydrogens (primary N) is 1. The third-order valence-corrected chi connectivity index (χ3v) is 2.30. The second kappa shape index (κ2) is 5.35. The topological polar surface area (TPSA) is 52.3 Å². The van der Waals surface area contributed by atoms with Crippen LogP contribution in [0.3, 0.4) is 0 Å². The molecule has 0 amide bonds. The van der Waals surface area contributed by atoms with Gasteiger partial charge in [-0.3, -0.25) is 4.79 Å². The Labute approximate surface area is 79.6 Å². The number of ketones is 1. The van der Waals surface area contributed by atoms with Gasteiger partial charge in [0.1, 0.15) is 6.61 Å². The molecule has 76 valence electrons. The first-order valence-electron chi connectivity index (χ1n) is 5.09. The molecule has 1 rings (SSSR count). The summed E-state index contributed by atoms with van der Waals surface area (Å²) >= 11 is 0. The van der Waals surface area contributed by atoms with Crippen molar-refractivity contribution in [3.63, 3.8) is 0 Å². The van der Waals surface area contributed by atoms with Crippen LogP contribution in [0.15, 0.2) is 0 Å². The van der Waals surface area contributed by atoms with Gasteiger partial charge in [0.2, 0.25) is 0 Å². The van der Waals surface area contributed by atoms with E-state index < -0.39 is 0 Å². The van der Waals surface area contributed by atoms with Gasteiger partial charge < -0.3 is 10.5 Å². The fourth-order valence-corrected chi connectivity index (χ4v) is 1.34. The summed E-state index contributed by atoms with van der Waals surface area (Å²) in [6.45, 7) is 2.94. The lowest BCUT2D eigenvalue weighted by atomic mass is 10.1. The smallest absolute Gasteiger partial charge is 0.160 e. The van der Waals surface area contributed by atoms with E-state index >= 15 is 0 Å². The number of carbonyl (C=O) groups is 1. The minimum atomic E-state index is 0.0812. The minimum Gasteiger partial charge on any atom is -0.374 e. The number of Topliss-reactive ketones (excluding diaryl/α,β-unsaturated/α-hetero) is 1. The molecule has 0 aromatic heterocycles. The summed E-state index contributed by atoms with van der Waals surface area (Å²) < 4.78 is 5.14. The number of rotatable bonds is 7. The fourth-order valence-electron chi connectivity index (χ4n) is 1.34. The number of hydrogen-bond donors (Lipinski definition) is 1. The number of ether oxygens (including phenoxy) is 1. The molecule has 0 saturated heterocycles. The maximum absolute atomic E-state index is 11.3. The quantitative estimate of drug-likeness (QED) is 0.604. The van der Waals surface area contributed by atoms with E-state index in [9.17, 15) is 4.79 Å². The maximum atomic E-state index is 11.3. The zero-order chi connectivity index (χ0) is 9.68. The van der Waals surface area contributed by atoms with E-state index in [0.29, 0.717) is 18.9 Å². The molecule has 0 radical (unpaired) electrons. The number of hydrogen-bond acceptors (Lipinski definition) is 3. The second-order valence-corrected chi connectivity index (χ2v) is 3.80. The highest BCUT2D eigenvalue weighted by molar-refractivity contribution is 5.80. The molecule has 1 unspecified atom stereocenters. The van der Waals surface area contributed by atoms with Crippen LogP contribution in [0.4, 0.5) is 0 Å². The van der Waals surface area contributed by atoms with Crippen molar-refractivity contribution in [2.24, 2.45) is 11.7 Å². The molecule has 1 atom stereocenters. The molecular weight excluding hydrogens is 166 g/mol. The molecule has 3 heteroatoms. The van der Waals surface area contributed by atoms with Crippen molar-refractivity contribution >= 4 is 5.78 Å². The van der Waals surface area contributed by atoms with Gasteiger partial charge in [-0.05, 0) is 25.2 Å². The predicted octanol–water partition coefficient (Wildman–Crippen LogP) is 1.11.